The molecule has 12 heteroatoms. The summed E-state index contributed by atoms with van der Waals surface area (Å²) in [5.74, 6) is -0.0290. The number of benzene rings is 3. The lowest BCUT2D eigenvalue weighted by Gasteiger charge is -2.25. The second-order valence-corrected chi connectivity index (χ2v) is 12.6. The Balaban J connectivity index is 2.00. The summed E-state index contributed by atoms with van der Waals surface area (Å²) in [6.07, 6.45) is 1.07. The van der Waals surface area contributed by atoms with Crippen molar-refractivity contribution in [1.29, 1.82) is 0 Å². The molecule has 0 aliphatic rings. The first-order valence-electron chi connectivity index (χ1n) is 11.4. The molecule has 38 heavy (non-hydrogen) atoms. The number of aryl methyl sites for hydroxylation is 2. The molecule has 0 aliphatic heterocycles. The van der Waals surface area contributed by atoms with Crippen LogP contribution in [-0.2, 0) is 24.8 Å². The highest BCUT2D eigenvalue weighted by molar-refractivity contribution is 7.93. The number of ether oxygens (including phenoxy) is 2. The van der Waals surface area contributed by atoms with Gasteiger partial charge in [-0.05, 0) is 67.4 Å². The normalized spacial score (nSPS) is 11.5. The fraction of sp³-hybridized carbons (Fsp3) is 0.269. The molecule has 0 radical (unpaired) electrons. The molecule has 0 spiro atoms. The topological polar surface area (TPSA) is 122 Å². The van der Waals surface area contributed by atoms with Crippen molar-refractivity contribution in [1.82, 2.24) is 0 Å². The molecule has 0 aliphatic carbocycles. The maximum atomic E-state index is 13.8. The van der Waals surface area contributed by atoms with Crippen molar-refractivity contribution in [3.05, 3.63) is 71.8 Å². The van der Waals surface area contributed by atoms with Gasteiger partial charge in [-0.3, -0.25) is 13.4 Å². The number of rotatable bonds is 10. The molecule has 0 saturated carbocycles. The van der Waals surface area contributed by atoms with E-state index in [1.807, 2.05) is 19.9 Å². The standard InChI is InChI=1S/C26H31N3O7S2/c1-18-12-19(2)14-22(13-18)29(38(33,34)23-10-11-24(35-4)25(16-23)36-5)17-26(30)27-20-8-7-9-21(15-20)28(3)37(6,31)32/h7-16H,17H2,1-6H3,(H,27,30). The summed E-state index contributed by atoms with van der Waals surface area (Å²) in [7, 11) is -3.49. The Morgan fingerprint density at radius 1 is 0.842 bits per heavy atom. The van der Waals surface area contributed by atoms with Gasteiger partial charge in [0, 0.05) is 18.8 Å². The van der Waals surface area contributed by atoms with Crippen molar-refractivity contribution in [2.45, 2.75) is 18.7 Å². The summed E-state index contributed by atoms with van der Waals surface area (Å²) in [6.45, 7) is 3.13. The Labute approximate surface area is 223 Å². The predicted molar refractivity (Wildman–Crippen MR) is 148 cm³/mol. The Bertz CT molecular complexity index is 1530. The molecule has 204 valence electrons. The number of nitrogens with one attached hydrogen (secondary N) is 1. The lowest BCUT2D eigenvalue weighted by molar-refractivity contribution is -0.114. The zero-order chi connectivity index (χ0) is 28.3. The number of amides is 1. The Kier molecular flexibility index (Phi) is 8.58. The van der Waals surface area contributed by atoms with Crippen LogP contribution in [0.3, 0.4) is 0 Å². The largest absolute Gasteiger partial charge is 0.493 e. The van der Waals surface area contributed by atoms with E-state index in [9.17, 15) is 21.6 Å². The van der Waals surface area contributed by atoms with E-state index in [1.165, 1.54) is 45.5 Å². The molecule has 3 aromatic rings. The van der Waals surface area contributed by atoms with Crippen LogP contribution < -0.4 is 23.4 Å². The summed E-state index contributed by atoms with van der Waals surface area (Å²) in [6, 6.07) is 15.7. The zero-order valence-corrected chi connectivity index (χ0v) is 23.7. The first-order chi connectivity index (χ1) is 17.8. The fourth-order valence-electron chi connectivity index (χ4n) is 3.82. The Hall–Kier alpha value is -3.77. The van der Waals surface area contributed by atoms with Gasteiger partial charge in [0.1, 0.15) is 6.54 Å². The second kappa shape index (κ2) is 11.3. The lowest BCUT2D eigenvalue weighted by atomic mass is 10.1. The average Bonchev–Trinajstić information content (AvgIpc) is 2.85. The number of sulfonamides is 2. The number of carbonyl (C=O) groups excluding carboxylic acids is 1. The van der Waals surface area contributed by atoms with Gasteiger partial charge in [0.25, 0.3) is 10.0 Å². The average molecular weight is 562 g/mol. The van der Waals surface area contributed by atoms with Gasteiger partial charge in [0.15, 0.2) is 11.5 Å². The monoisotopic (exact) mass is 561 g/mol. The highest BCUT2D eigenvalue weighted by Crippen LogP contribution is 2.33. The predicted octanol–water partition coefficient (Wildman–Crippen LogP) is 3.55. The van der Waals surface area contributed by atoms with Crippen LogP contribution in [0.15, 0.2) is 65.6 Å². The van der Waals surface area contributed by atoms with E-state index in [0.717, 1.165) is 26.0 Å². The number of nitrogens with zero attached hydrogens (tertiary/aromatic N) is 2. The molecule has 10 nitrogen and oxygen atoms in total. The first kappa shape index (κ1) is 28.8. The molecular weight excluding hydrogens is 530 g/mol. The molecule has 0 bridgehead atoms. The molecule has 1 amide bonds. The molecule has 3 aromatic carbocycles. The highest BCUT2D eigenvalue weighted by atomic mass is 32.2. The summed E-state index contributed by atoms with van der Waals surface area (Å²) >= 11 is 0. The molecule has 3 rings (SSSR count). The zero-order valence-electron chi connectivity index (χ0n) is 22.0. The van der Waals surface area contributed by atoms with Crippen LogP contribution in [0.1, 0.15) is 11.1 Å². The number of hydrogen-bond donors (Lipinski definition) is 1. The smallest absolute Gasteiger partial charge is 0.264 e. The minimum atomic E-state index is -4.22. The van der Waals surface area contributed by atoms with Crippen LogP contribution in [0.2, 0.25) is 0 Å². The number of methoxy groups -OCH3 is 2. The molecule has 0 unspecified atom stereocenters. The van der Waals surface area contributed by atoms with Crippen molar-refractivity contribution in [2.75, 3.05) is 48.0 Å². The summed E-state index contributed by atoms with van der Waals surface area (Å²) in [5.41, 5.74) is 2.62. The quantitative estimate of drug-likeness (QED) is 0.402. The summed E-state index contributed by atoms with van der Waals surface area (Å²) in [5, 5.41) is 2.67. The van der Waals surface area contributed by atoms with E-state index >= 15 is 0 Å². The number of carbonyl (C=O) groups is 1. The second-order valence-electron chi connectivity index (χ2n) is 8.70. The maximum absolute atomic E-state index is 13.8. The van der Waals surface area contributed by atoms with Crippen LogP contribution in [0.4, 0.5) is 17.1 Å². The maximum Gasteiger partial charge on any atom is 0.264 e. The molecule has 0 aromatic heterocycles. The minimum absolute atomic E-state index is 0.0844. The third-order valence-corrected chi connectivity index (χ3v) is 8.69. The van der Waals surface area contributed by atoms with Crippen molar-refractivity contribution >= 4 is 43.0 Å². The Morgan fingerprint density at radius 3 is 2.05 bits per heavy atom. The van der Waals surface area contributed by atoms with Crippen molar-refractivity contribution in [2.24, 2.45) is 0 Å². The summed E-state index contributed by atoms with van der Waals surface area (Å²) in [4.78, 5) is 13.1. The van der Waals surface area contributed by atoms with Gasteiger partial charge in [-0.1, -0.05) is 12.1 Å². The van der Waals surface area contributed by atoms with Gasteiger partial charge in [-0.2, -0.15) is 0 Å². The van der Waals surface area contributed by atoms with E-state index < -0.39 is 32.5 Å². The Morgan fingerprint density at radius 2 is 1.47 bits per heavy atom. The third-order valence-electron chi connectivity index (χ3n) is 5.72. The van der Waals surface area contributed by atoms with E-state index in [-0.39, 0.29) is 10.6 Å². The molecule has 0 atom stereocenters. The summed E-state index contributed by atoms with van der Waals surface area (Å²) < 4.78 is 64.1. The molecular formula is C26H31N3O7S2. The van der Waals surface area contributed by atoms with Crippen LogP contribution >= 0.6 is 0 Å². The van der Waals surface area contributed by atoms with Crippen molar-refractivity contribution < 1.29 is 31.1 Å². The van der Waals surface area contributed by atoms with Crippen molar-refractivity contribution in [3.63, 3.8) is 0 Å². The fourth-order valence-corrected chi connectivity index (χ4v) is 5.73. The molecule has 1 N–H and O–H groups in total. The van der Waals surface area contributed by atoms with Gasteiger partial charge >= 0.3 is 0 Å². The number of hydrogen-bond acceptors (Lipinski definition) is 7. The highest BCUT2D eigenvalue weighted by Gasteiger charge is 2.29. The van der Waals surface area contributed by atoms with Crippen LogP contribution in [-0.4, -0.2) is 56.8 Å². The molecule has 0 heterocycles. The van der Waals surface area contributed by atoms with E-state index in [1.54, 1.807) is 30.3 Å². The van der Waals surface area contributed by atoms with Gasteiger partial charge in [-0.15, -0.1) is 0 Å². The SMILES string of the molecule is COc1ccc(S(=O)(=O)N(CC(=O)Nc2cccc(N(C)S(C)(=O)=O)c2)c2cc(C)cc(C)c2)cc1OC. The number of anilines is 3. The van der Waals surface area contributed by atoms with Crippen LogP contribution in [0.5, 0.6) is 11.5 Å². The van der Waals surface area contributed by atoms with E-state index in [4.69, 9.17) is 9.47 Å². The van der Waals surface area contributed by atoms with E-state index in [2.05, 4.69) is 5.32 Å². The minimum Gasteiger partial charge on any atom is -0.493 e. The van der Waals surface area contributed by atoms with Gasteiger partial charge in [0.05, 0.1) is 36.7 Å². The van der Waals surface area contributed by atoms with E-state index in [0.29, 0.717) is 22.8 Å². The first-order valence-corrected chi connectivity index (χ1v) is 14.7. The third kappa shape index (κ3) is 6.56. The van der Waals surface area contributed by atoms with Gasteiger partial charge in [-0.25, -0.2) is 16.8 Å². The van der Waals surface area contributed by atoms with Crippen molar-refractivity contribution in [3.8, 4) is 11.5 Å². The van der Waals surface area contributed by atoms with Crippen LogP contribution in [0.25, 0.3) is 0 Å². The molecule has 0 fully saturated rings. The van der Waals surface area contributed by atoms with Crippen LogP contribution in [0, 0.1) is 13.8 Å². The van der Waals surface area contributed by atoms with Gasteiger partial charge < -0.3 is 14.8 Å². The lowest BCUT2D eigenvalue weighted by Crippen LogP contribution is -2.38. The molecule has 0 saturated heterocycles. The van der Waals surface area contributed by atoms with Gasteiger partial charge in [0.2, 0.25) is 15.9 Å².